The van der Waals surface area contributed by atoms with Crippen molar-refractivity contribution in [1.29, 1.82) is 0 Å². The van der Waals surface area contributed by atoms with Gasteiger partial charge in [0.15, 0.2) is 0 Å². The summed E-state index contributed by atoms with van der Waals surface area (Å²) in [5, 5.41) is 3.68. The number of benzene rings is 1. The molecule has 2 rings (SSSR count). The number of hydrogen-bond acceptors (Lipinski definition) is 2. The molecule has 88 valence electrons. The number of nitrogens with one attached hydrogen (secondary N) is 1. The maximum absolute atomic E-state index is 6.11. The highest BCUT2D eigenvalue weighted by atomic mass is 15.0. The quantitative estimate of drug-likeness (QED) is 0.711. The Morgan fingerprint density at radius 3 is 2.75 bits per heavy atom. The molecule has 1 aliphatic rings. The van der Waals surface area contributed by atoms with Crippen LogP contribution in [0.4, 0.5) is 5.69 Å². The fourth-order valence-corrected chi connectivity index (χ4v) is 2.58. The molecule has 1 atom stereocenters. The Bertz CT molecular complexity index is 377. The van der Waals surface area contributed by atoms with Crippen LogP contribution in [0.2, 0.25) is 0 Å². The van der Waals surface area contributed by atoms with E-state index < -0.39 is 0 Å². The molecule has 1 unspecified atom stereocenters. The lowest BCUT2D eigenvalue weighted by atomic mass is 9.85. The average Bonchev–Trinajstić information content (AvgIpc) is 2.15. The highest BCUT2D eigenvalue weighted by Crippen LogP contribution is 2.34. The number of nitrogen functional groups attached to an aromatic ring is 1. The summed E-state index contributed by atoms with van der Waals surface area (Å²) >= 11 is 0. The first-order chi connectivity index (χ1) is 7.47. The third-order valence-electron chi connectivity index (χ3n) is 3.12. The van der Waals surface area contributed by atoms with Crippen molar-refractivity contribution in [2.24, 2.45) is 0 Å². The van der Waals surface area contributed by atoms with Gasteiger partial charge in [0.25, 0.3) is 0 Å². The molecule has 1 aromatic carbocycles. The zero-order chi connectivity index (χ0) is 11.8. The van der Waals surface area contributed by atoms with Gasteiger partial charge in [0.05, 0.1) is 0 Å². The molecular formula is C14H22N2. The van der Waals surface area contributed by atoms with Gasteiger partial charge in [-0.2, -0.15) is 0 Å². The Kier molecular flexibility index (Phi) is 2.94. The lowest BCUT2D eigenvalue weighted by Crippen LogP contribution is -2.40. The van der Waals surface area contributed by atoms with Crippen molar-refractivity contribution in [1.82, 2.24) is 5.32 Å². The van der Waals surface area contributed by atoms with Gasteiger partial charge in [-0.25, -0.2) is 0 Å². The van der Waals surface area contributed by atoms with Gasteiger partial charge in [0.1, 0.15) is 0 Å². The molecule has 1 aliphatic carbocycles. The van der Waals surface area contributed by atoms with Crippen LogP contribution in [0.1, 0.15) is 50.8 Å². The largest absolute Gasteiger partial charge is 0.398 e. The fourth-order valence-electron chi connectivity index (χ4n) is 2.58. The maximum Gasteiger partial charge on any atom is 0.0365 e. The predicted octanol–water partition coefficient (Wildman–Crippen LogP) is 3.03. The number of aryl methyl sites for hydroxylation is 1. The molecule has 0 amide bonds. The Labute approximate surface area is 98.2 Å². The first kappa shape index (κ1) is 11.5. The van der Waals surface area contributed by atoms with E-state index in [1.165, 1.54) is 30.4 Å². The second-order valence-electron chi connectivity index (χ2n) is 5.76. The molecule has 2 nitrogen and oxygen atoms in total. The van der Waals surface area contributed by atoms with Crippen molar-refractivity contribution < 1.29 is 0 Å². The van der Waals surface area contributed by atoms with E-state index in [1.807, 2.05) is 6.07 Å². The molecular weight excluding hydrogens is 196 g/mol. The molecule has 0 bridgehead atoms. The van der Waals surface area contributed by atoms with E-state index in [-0.39, 0.29) is 5.54 Å². The molecule has 0 spiro atoms. The minimum absolute atomic E-state index is 0.140. The Morgan fingerprint density at radius 2 is 2.06 bits per heavy atom. The van der Waals surface area contributed by atoms with E-state index in [2.05, 4.69) is 38.2 Å². The van der Waals surface area contributed by atoms with Gasteiger partial charge >= 0.3 is 0 Å². The first-order valence-electron chi connectivity index (χ1n) is 6.12. The molecule has 0 fully saturated rings. The lowest BCUT2D eigenvalue weighted by Gasteiger charge is -2.33. The third kappa shape index (κ3) is 2.38. The van der Waals surface area contributed by atoms with Gasteiger partial charge in [0.2, 0.25) is 0 Å². The molecule has 3 N–H and O–H groups in total. The van der Waals surface area contributed by atoms with Crippen molar-refractivity contribution >= 4 is 5.69 Å². The second-order valence-corrected chi connectivity index (χ2v) is 5.76. The molecule has 2 heteroatoms. The van der Waals surface area contributed by atoms with Crippen LogP contribution in [-0.2, 0) is 6.42 Å². The Morgan fingerprint density at radius 1 is 1.31 bits per heavy atom. The Balaban J connectivity index is 2.32. The van der Waals surface area contributed by atoms with Crippen LogP contribution in [0.25, 0.3) is 0 Å². The third-order valence-corrected chi connectivity index (χ3v) is 3.12. The van der Waals surface area contributed by atoms with Crippen LogP contribution in [0.3, 0.4) is 0 Å². The van der Waals surface area contributed by atoms with Gasteiger partial charge in [0, 0.05) is 17.3 Å². The van der Waals surface area contributed by atoms with E-state index in [0.717, 1.165) is 5.69 Å². The molecule has 16 heavy (non-hydrogen) atoms. The molecule has 0 aromatic heterocycles. The maximum atomic E-state index is 6.11. The summed E-state index contributed by atoms with van der Waals surface area (Å²) in [6.07, 6.45) is 3.62. The first-order valence-corrected chi connectivity index (χ1v) is 6.12. The predicted molar refractivity (Wildman–Crippen MR) is 69.4 cm³/mol. The van der Waals surface area contributed by atoms with Gasteiger partial charge < -0.3 is 11.1 Å². The van der Waals surface area contributed by atoms with E-state index in [1.54, 1.807) is 0 Å². The normalized spacial score (nSPS) is 20.6. The van der Waals surface area contributed by atoms with Gasteiger partial charge in [-0.05, 0) is 57.2 Å². The number of rotatable bonds is 1. The Hall–Kier alpha value is -1.02. The summed E-state index contributed by atoms with van der Waals surface area (Å²) in [4.78, 5) is 0. The fraction of sp³-hybridized carbons (Fsp3) is 0.571. The molecule has 0 radical (unpaired) electrons. The monoisotopic (exact) mass is 218 g/mol. The van der Waals surface area contributed by atoms with Crippen LogP contribution in [0.5, 0.6) is 0 Å². The van der Waals surface area contributed by atoms with E-state index in [4.69, 9.17) is 5.73 Å². The van der Waals surface area contributed by atoms with Crippen LogP contribution in [-0.4, -0.2) is 5.54 Å². The van der Waals surface area contributed by atoms with Crippen molar-refractivity contribution in [3.8, 4) is 0 Å². The van der Waals surface area contributed by atoms with Gasteiger partial charge in [-0.3, -0.25) is 0 Å². The van der Waals surface area contributed by atoms with Crippen molar-refractivity contribution in [3.05, 3.63) is 29.3 Å². The lowest BCUT2D eigenvalue weighted by molar-refractivity contribution is 0.337. The van der Waals surface area contributed by atoms with Gasteiger partial charge in [-0.1, -0.05) is 12.1 Å². The second kappa shape index (κ2) is 4.10. The van der Waals surface area contributed by atoms with Crippen molar-refractivity contribution in [2.75, 3.05) is 5.73 Å². The van der Waals surface area contributed by atoms with E-state index >= 15 is 0 Å². The molecule has 0 saturated heterocycles. The summed E-state index contributed by atoms with van der Waals surface area (Å²) in [7, 11) is 0. The van der Waals surface area contributed by atoms with Crippen molar-refractivity contribution in [3.63, 3.8) is 0 Å². The summed E-state index contributed by atoms with van der Waals surface area (Å²) in [6, 6.07) is 6.71. The zero-order valence-electron chi connectivity index (χ0n) is 10.5. The SMILES string of the molecule is CC(C)(C)NC1CCCc2cccc(N)c21. The average molecular weight is 218 g/mol. The standard InChI is InChI=1S/C14H22N2/c1-14(2,3)16-12-9-5-7-10-6-4-8-11(15)13(10)12/h4,6,8,12,16H,5,7,9,15H2,1-3H3. The smallest absolute Gasteiger partial charge is 0.0365 e. The minimum Gasteiger partial charge on any atom is -0.398 e. The van der Waals surface area contributed by atoms with Gasteiger partial charge in [-0.15, -0.1) is 0 Å². The summed E-state index contributed by atoms with van der Waals surface area (Å²) < 4.78 is 0. The van der Waals surface area contributed by atoms with Crippen LogP contribution < -0.4 is 11.1 Å². The number of nitrogens with two attached hydrogens (primary N) is 1. The number of hydrogen-bond donors (Lipinski definition) is 2. The van der Waals surface area contributed by atoms with Crippen LogP contribution in [0, 0.1) is 0 Å². The minimum atomic E-state index is 0.140. The topological polar surface area (TPSA) is 38.0 Å². The molecule has 0 saturated carbocycles. The number of anilines is 1. The number of fused-ring (bicyclic) bond motifs is 1. The summed E-state index contributed by atoms with van der Waals surface area (Å²) in [6.45, 7) is 6.63. The highest BCUT2D eigenvalue weighted by Gasteiger charge is 2.25. The van der Waals surface area contributed by atoms with E-state index in [9.17, 15) is 0 Å². The zero-order valence-corrected chi connectivity index (χ0v) is 10.5. The van der Waals surface area contributed by atoms with Crippen molar-refractivity contribution in [2.45, 2.75) is 51.6 Å². The molecule has 0 aliphatic heterocycles. The molecule has 1 aromatic rings. The molecule has 0 heterocycles. The van der Waals surface area contributed by atoms with E-state index in [0.29, 0.717) is 6.04 Å². The summed E-state index contributed by atoms with van der Waals surface area (Å²) in [5.41, 5.74) is 9.96. The highest BCUT2D eigenvalue weighted by molar-refractivity contribution is 5.53. The van der Waals surface area contributed by atoms with Crippen LogP contribution in [0.15, 0.2) is 18.2 Å². The summed E-state index contributed by atoms with van der Waals surface area (Å²) in [5.74, 6) is 0. The van der Waals surface area contributed by atoms with Crippen LogP contribution >= 0.6 is 0 Å².